The Morgan fingerprint density at radius 3 is 2.09 bits per heavy atom. The number of imidazole rings is 1. The number of phenolic OH excluding ortho intramolecular Hbond substituents is 1. The van der Waals surface area contributed by atoms with Crippen LogP contribution in [0.4, 0.5) is 0 Å². The Balaban J connectivity index is 1.98. The highest BCUT2D eigenvalue weighted by Crippen LogP contribution is 2.42. The molecule has 0 amide bonds. The fourth-order valence-corrected chi connectivity index (χ4v) is 3.44. The highest BCUT2D eigenvalue weighted by molar-refractivity contribution is 5.82. The molecule has 0 fully saturated rings. The molecule has 0 spiro atoms. The van der Waals surface area contributed by atoms with Gasteiger partial charge in [0.1, 0.15) is 28.7 Å². The molecule has 33 heavy (non-hydrogen) atoms. The van der Waals surface area contributed by atoms with E-state index in [4.69, 9.17) is 23.6 Å². The maximum atomic E-state index is 12.2. The van der Waals surface area contributed by atoms with Crippen molar-refractivity contribution in [3.8, 4) is 62.8 Å². The molecule has 3 N–H and O–H groups in total. The van der Waals surface area contributed by atoms with E-state index in [0.717, 1.165) is 0 Å². The number of hydrogen-bond donors (Lipinski definition) is 3. The predicted octanol–water partition coefficient (Wildman–Crippen LogP) is 4.11. The summed E-state index contributed by atoms with van der Waals surface area (Å²) in [5, 5.41) is 20.7. The molecule has 0 atom stereocenters. The molecular weight excluding hydrogens is 428 g/mol. The van der Waals surface area contributed by atoms with Crippen LogP contribution in [0, 0.1) is 6.92 Å². The number of aromatic hydroxyl groups is 2. The summed E-state index contributed by atoms with van der Waals surface area (Å²) >= 11 is 0. The van der Waals surface area contributed by atoms with Crippen LogP contribution in [0.3, 0.4) is 0 Å². The third kappa shape index (κ3) is 3.96. The Morgan fingerprint density at radius 2 is 1.52 bits per heavy atom. The van der Waals surface area contributed by atoms with Gasteiger partial charge in [0.05, 0.1) is 21.3 Å². The van der Waals surface area contributed by atoms with Crippen molar-refractivity contribution in [2.24, 2.45) is 0 Å². The molecule has 4 aromatic rings. The summed E-state index contributed by atoms with van der Waals surface area (Å²) in [4.78, 5) is 20.1. The van der Waals surface area contributed by atoms with E-state index in [2.05, 4.69) is 4.98 Å². The van der Waals surface area contributed by atoms with Crippen LogP contribution in [0.1, 0.15) is 5.76 Å². The van der Waals surface area contributed by atoms with Crippen LogP contribution in [0.5, 0.6) is 28.7 Å². The maximum absolute atomic E-state index is 12.2. The molecule has 0 aliphatic carbocycles. The van der Waals surface area contributed by atoms with Gasteiger partial charge < -0.3 is 33.8 Å². The largest absolute Gasteiger partial charge is 0.502 e. The van der Waals surface area contributed by atoms with Crippen molar-refractivity contribution in [2.45, 2.75) is 6.92 Å². The summed E-state index contributed by atoms with van der Waals surface area (Å²) < 4.78 is 21.4. The lowest BCUT2D eigenvalue weighted by Crippen LogP contribution is -2.01. The standard InChI is InChI=1S/C24H22N2O7/c1-12-9-16(27)21(28)23(33-12)20-19(13-5-7-15(30-2)8-6-13)25-24(26-20)14-10-17(31-3)22(29)18(11-14)32-4/h5-11,28-29H,1-4H3,(H,25,26). The topological polar surface area (TPSA) is 127 Å². The van der Waals surface area contributed by atoms with Crippen LogP contribution in [-0.4, -0.2) is 41.5 Å². The third-order valence-electron chi connectivity index (χ3n) is 5.09. The number of nitrogens with one attached hydrogen (secondary N) is 1. The van der Waals surface area contributed by atoms with E-state index in [-0.39, 0.29) is 23.0 Å². The molecule has 0 aliphatic rings. The zero-order valence-electron chi connectivity index (χ0n) is 18.4. The number of methoxy groups -OCH3 is 3. The first-order valence-corrected chi connectivity index (χ1v) is 9.90. The van der Waals surface area contributed by atoms with Crippen molar-refractivity contribution in [3.63, 3.8) is 0 Å². The van der Waals surface area contributed by atoms with Gasteiger partial charge in [0.25, 0.3) is 0 Å². The van der Waals surface area contributed by atoms with Gasteiger partial charge >= 0.3 is 0 Å². The van der Waals surface area contributed by atoms with Gasteiger partial charge in [-0.1, -0.05) is 0 Å². The second kappa shape index (κ2) is 8.62. The minimum absolute atomic E-state index is 0.0396. The van der Waals surface area contributed by atoms with Crippen LogP contribution in [0.15, 0.2) is 51.7 Å². The molecule has 0 saturated heterocycles. The number of aromatic nitrogens is 2. The van der Waals surface area contributed by atoms with Gasteiger partial charge in [-0.25, -0.2) is 4.98 Å². The van der Waals surface area contributed by atoms with Crippen LogP contribution >= 0.6 is 0 Å². The highest BCUT2D eigenvalue weighted by Gasteiger charge is 2.23. The van der Waals surface area contributed by atoms with E-state index in [1.807, 2.05) is 0 Å². The van der Waals surface area contributed by atoms with Gasteiger partial charge in [0.15, 0.2) is 17.3 Å². The number of phenols is 1. The van der Waals surface area contributed by atoms with Gasteiger partial charge in [0.2, 0.25) is 16.9 Å². The molecule has 2 aromatic heterocycles. The van der Waals surface area contributed by atoms with Crippen molar-refractivity contribution in [3.05, 3.63) is 58.4 Å². The van der Waals surface area contributed by atoms with Crippen molar-refractivity contribution < 1.29 is 28.8 Å². The molecule has 9 heteroatoms. The molecule has 0 saturated carbocycles. The first-order valence-electron chi connectivity index (χ1n) is 9.90. The van der Waals surface area contributed by atoms with Crippen LogP contribution in [0.2, 0.25) is 0 Å². The summed E-state index contributed by atoms with van der Waals surface area (Å²) in [5.41, 5.74) is 1.40. The molecule has 2 aromatic carbocycles. The lowest BCUT2D eigenvalue weighted by Gasteiger charge is -2.10. The molecule has 0 unspecified atom stereocenters. The molecular formula is C24H22N2O7. The summed E-state index contributed by atoms with van der Waals surface area (Å²) in [6.07, 6.45) is 0. The van der Waals surface area contributed by atoms with E-state index >= 15 is 0 Å². The van der Waals surface area contributed by atoms with Crippen LogP contribution in [-0.2, 0) is 0 Å². The SMILES string of the molecule is COc1ccc(-c2nc(-c3cc(OC)c(O)c(OC)c3)[nH]c2-c2oc(C)cc(=O)c2O)cc1. The monoisotopic (exact) mass is 450 g/mol. The second-order valence-electron chi connectivity index (χ2n) is 7.17. The maximum Gasteiger partial charge on any atom is 0.227 e. The summed E-state index contributed by atoms with van der Waals surface area (Å²) in [7, 11) is 4.42. The van der Waals surface area contributed by atoms with E-state index in [1.54, 1.807) is 50.4 Å². The lowest BCUT2D eigenvalue weighted by molar-refractivity contribution is 0.340. The molecule has 0 aliphatic heterocycles. The minimum Gasteiger partial charge on any atom is -0.502 e. The van der Waals surface area contributed by atoms with Crippen molar-refractivity contribution in [2.75, 3.05) is 21.3 Å². The fraction of sp³-hybridized carbons (Fsp3) is 0.167. The average Bonchev–Trinajstić information content (AvgIpc) is 3.26. The molecule has 0 radical (unpaired) electrons. The normalized spacial score (nSPS) is 10.8. The molecule has 2 heterocycles. The summed E-state index contributed by atoms with van der Waals surface area (Å²) in [6, 6.07) is 11.5. The van der Waals surface area contributed by atoms with Crippen molar-refractivity contribution in [1.29, 1.82) is 0 Å². The highest BCUT2D eigenvalue weighted by atomic mass is 16.5. The Kier molecular flexibility index (Phi) is 5.70. The Bertz CT molecular complexity index is 1350. The predicted molar refractivity (Wildman–Crippen MR) is 121 cm³/mol. The minimum atomic E-state index is -0.571. The molecule has 9 nitrogen and oxygen atoms in total. The smallest absolute Gasteiger partial charge is 0.227 e. The van der Waals surface area contributed by atoms with Gasteiger partial charge in [-0.15, -0.1) is 0 Å². The average molecular weight is 450 g/mol. The van der Waals surface area contributed by atoms with Gasteiger partial charge in [-0.3, -0.25) is 4.79 Å². The number of hydrogen-bond acceptors (Lipinski definition) is 8. The number of benzene rings is 2. The fourth-order valence-electron chi connectivity index (χ4n) is 3.44. The quantitative estimate of drug-likeness (QED) is 0.401. The molecule has 170 valence electrons. The molecule has 0 bridgehead atoms. The van der Waals surface area contributed by atoms with Gasteiger partial charge in [-0.05, 0) is 43.3 Å². The number of rotatable bonds is 6. The number of ether oxygens (including phenoxy) is 3. The first kappa shape index (κ1) is 21.8. The van der Waals surface area contributed by atoms with E-state index in [0.29, 0.717) is 39.8 Å². The number of aromatic amines is 1. The van der Waals surface area contributed by atoms with Gasteiger partial charge in [0, 0.05) is 17.2 Å². The zero-order valence-corrected chi connectivity index (χ0v) is 18.4. The zero-order chi connectivity index (χ0) is 23.7. The van der Waals surface area contributed by atoms with Crippen molar-refractivity contribution in [1.82, 2.24) is 9.97 Å². The number of aryl methyl sites for hydroxylation is 1. The Hall–Kier alpha value is -4.40. The van der Waals surface area contributed by atoms with E-state index in [9.17, 15) is 15.0 Å². The van der Waals surface area contributed by atoms with E-state index < -0.39 is 11.2 Å². The third-order valence-corrected chi connectivity index (χ3v) is 5.09. The van der Waals surface area contributed by atoms with E-state index in [1.165, 1.54) is 20.3 Å². The first-order chi connectivity index (χ1) is 15.9. The van der Waals surface area contributed by atoms with Gasteiger partial charge in [-0.2, -0.15) is 0 Å². The van der Waals surface area contributed by atoms with Crippen LogP contribution < -0.4 is 19.6 Å². The lowest BCUT2D eigenvalue weighted by atomic mass is 10.1. The summed E-state index contributed by atoms with van der Waals surface area (Å²) in [5.74, 6) is 1.03. The molecule has 4 rings (SSSR count). The Labute approximate surface area is 188 Å². The number of nitrogens with zero attached hydrogens (tertiary/aromatic N) is 1. The number of H-pyrrole nitrogens is 1. The Morgan fingerprint density at radius 1 is 0.879 bits per heavy atom. The van der Waals surface area contributed by atoms with Crippen molar-refractivity contribution >= 4 is 0 Å². The summed E-state index contributed by atoms with van der Waals surface area (Å²) in [6.45, 7) is 1.62. The second-order valence-corrected chi connectivity index (χ2v) is 7.17. The van der Waals surface area contributed by atoms with Crippen LogP contribution in [0.25, 0.3) is 34.1 Å².